The second-order valence-electron chi connectivity index (χ2n) is 6.46. The summed E-state index contributed by atoms with van der Waals surface area (Å²) < 4.78 is 14.7. The topological polar surface area (TPSA) is 57.5 Å². The van der Waals surface area contributed by atoms with Crippen LogP contribution in [0.1, 0.15) is 18.0 Å². The predicted molar refractivity (Wildman–Crippen MR) is 126 cm³/mol. The number of rotatable bonds is 9. The van der Waals surface area contributed by atoms with Crippen molar-refractivity contribution in [1.29, 1.82) is 0 Å². The maximum absolute atomic E-state index is 12.9. The Morgan fingerprint density at radius 3 is 2.57 bits per heavy atom. The fourth-order valence-electron chi connectivity index (χ4n) is 2.62. The molecule has 0 aliphatic heterocycles. The van der Waals surface area contributed by atoms with Crippen molar-refractivity contribution in [2.24, 2.45) is 12.0 Å². The van der Waals surface area contributed by atoms with Crippen molar-refractivity contribution in [2.45, 2.75) is 17.4 Å². The first-order valence-corrected chi connectivity index (χ1v) is 9.96. The molecule has 9 heteroatoms. The molecule has 0 saturated carbocycles. The van der Waals surface area contributed by atoms with E-state index < -0.39 is 0 Å². The summed E-state index contributed by atoms with van der Waals surface area (Å²) in [5.74, 6) is 1.56. The second kappa shape index (κ2) is 13.0. The largest absolute Gasteiger partial charge is 0.356 e. The number of thioether (sulfide) groups is 1. The molecule has 1 aromatic carbocycles. The molecule has 1 unspecified atom stereocenters. The van der Waals surface area contributed by atoms with E-state index in [9.17, 15) is 4.39 Å². The van der Waals surface area contributed by atoms with E-state index in [-0.39, 0.29) is 35.8 Å². The van der Waals surface area contributed by atoms with Gasteiger partial charge in [0.15, 0.2) is 5.96 Å². The van der Waals surface area contributed by atoms with Gasteiger partial charge in [0.25, 0.3) is 0 Å². The van der Waals surface area contributed by atoms with Gasteiger partial charge in [-0.1, -0.05) is 0 Å². The molecule has 156 valence electrons. The van der Waals surface area contributed by atoms with E-state index in [1.165, 1.54) is 17.7 Å². The number of aliphatic imine (C=N–C) groups is 1. The Hall–Kier alpha value is -1.33. The number of hydrogen-bond donors (Lipinski definition) is 2. The number of aromatic nitrogens is 2. The fraction of sp³-hybridized carbons (Fsp3) is 0.474. The Morgan fingerprint density at radius 2 is 2.00 bits per heavy atom. The highest BCUT2D eigenvalue weighted by Gasteiger charge is 2.16. The van der Waals surface area contributed by atoms with Gasteiger partial charge in [-0.3, -0.25) is 9.67 Å². The zero-order valence-corrected chi connectivity index (χ0v) is 20.0. The van der Waals surface area contributed by atoms with Crippen LogP contribution in [-0.2, 0) is 7.05 Å². The molecule has 2 rings (SSSR count). The van der Waals surface area contributed by atoms with Gasteiger partial charge in [-0.15, -0.1) is 35.7 Å². The minimum Gasteiger partial charge on any atom is -0.356 e. The van der Waals surface area contributed by atoms with Crippen molar-refractivity contribution in [2.75, 3.05) is 40.0 Å². The van der Waals surface area contributed by atoms with Crippen LogP contribution in [0.25, 0.3) is 0 Å². The van der Waals surface area contributed by atoms with E-state index in [2.05, 4.69) is 39.7 Å². The van der Waals surface area contributed by atoms with Crippen LogP contribution >= 0.6 is 35.7 Å². The number of hydrogen-bond acceptors (Lipinski definition) is 4. The Balaban J connectivity index is 0.00000392. The SMILES string of the molecule is CN=C(NCCCSc1ccc(F)cc1)NCC(c1cnn(C)c1)N(C)C.I. The molecule has 1 atom stereocenters. The quantitative estimate of drug-likeness (QED) is 0.175. The lowest BCUT2D eigenvalue weighted by Crippen LogP contribution is -2.42. The lowest BCUT2D eigenvalue weighted by atomic mass is 10.1. The van der Waals surface area contributed by atoms with E-state index in [1.54, 1.807) is 18.8 Å². The van der Waals surface area contributed by atoms with Gasteiger partial charge in [0.1, 0.15) is 5.82 Å². The van der Waals surface area contributed by atoms with E-state index in [1.807, 2.05) is 36.3 Å². The molecule has 2 aromatic rings. The Labute approximate surface area is 188 Å². The summed E-state index contributed by atoms with van der Waals surface area (Å²) >= 11 is 1.73. The van der Waals surface area contributed by atoms with E-state index in [0.29, 0.717) is 0 Å². The maximum Gasteiger partial charge on any atom is 0.191 e. The third kappa shape index (κ3) is 8.36. The smallest absolute Gasteiger partial charge is 0.191 e. The molecule has 0 saturated heterocycles. The molecule has 0 aliphatic rings. The Morgan fingerprint density at radius 1 is 1.29 bits per heavy atom. The average molecular weight is 520 g/mol. The van der Waals surface area contributed by atoms with Crippen molar-refractivity contribution in [3.8, 4) is 0 Å². The minimum atomic E-state index is -0.196. The molecule has 0 fully saturated rings. The maximum atomic E-state index is 12.9. The van der Waals surface area contributed by atoms with Crippen molar-refractivity contribution in [3.05, 3.63) is 48.0 Å². The van der Waals surface area contributed by atoms with Crippen LogP contribution in [0.2, 0.25) is 0 Å². The molecular formula is C19H30FIN6S. The Kier molecular flexibility index (Phi) is 11.5. The van der Waals surface area contributed by atoms with Crippen LogP contribution in [0.3, 0.4) is 0 Å². The van der Waals surface area contributed by atoms with Gasteiger partial charge in [0.05, 0.1) is 12.2 Å². The number of nitrogens with zero attached hydrogens (tertiary/aromatic N) is 4. The van der Waals surface area contributed by atoms with E-state index in [4.69, 9.17) is 0 Å². The first kappa shape index (κ1) is 24.7. The third-order valence-electron chi connectivity index (χ3n) is 4.12. The van der Waals surface area contributed by atoms with Crippen molar-refractivity contribution in [1.82, 2.24) is 25.3 Å². The summed E-state index contributed by atoms with van der Waals surface area (Å²) in [4.78, 5) is 7.54. The molecule has 0 aliphatic carbocycles. The summed E-state index contributed by atoms with van der Waals surface area (Å²) in [5.41, 5.74) is 1.17. The van der Waals surface area contributed by atoms with Gasteiger partial charge in [0, 0.05) is 43.8 Å². The van der Waals surface area contributed by atoms with Crippen molar-refractivity contribution >= 4 is 41.7 Å². The molecule has 6 nitrogen and oxygen atoms in total. The molecule has 2 N–H and O–H groups in total. The van der Waals surface area contributed by atoms with Crippen molar-refractivity contribution in [3.63, 3.8) is 0 Å². The zero-order chi connectivity index (χ0) is 19.6. The van der Waals surface area contributed by atoms with Crippen LogP contribution < -0.4 is 10.6 Å². The average Bonchev–Trinajstić information content (AvgIpc) is 3.07. The molecule has 0 bridgehead atoms. The number of aryl methyl sites for hydroxylation is 1. The van der Waals surface area contributed by atoms with Gasteiger partial charge in [-0.05, 0) is 50.5 Å². The summed E-state index contributed by atoms with van der Waals surface area (Å²) in [7, 11) is 7.82. The number of benzene rings is 1. The normalized spacial score (nSPS) is 12.6. The van der Waals surface area contributed by atoms with Crippen LogP contribution in [0, 0.1) is 5.82 Å². The molecule has 28 heavy (non-hydrogen) atoms. The van der Waals surface area contributed by atoms with Crippen LogP contribution in [0.5, 0.6) is 0 Å². The first-order chi connectivity index (χ1) is 13.0. The molecule has 0 amide bonds. The highest BCUT2D eigenvalue weighted by atomic mass is 127. The standard InChI is InChI=1S/C19H29FN6S.HI/c1-21-19(22-10-5-11-27-17-8-6-16(20)7-9-17)23-13-18(25(2)3)15-12-24-26(4)14-15;/h6-9,12,14,18H,5,10-11,13H2,1-4H3,(H2,21,22,23);1H. The number of guanidine groups is 1. The first-order valence-electron chi connectivity index (χ1n) is 8.97. The summed E-state index contributed by atoms with van der Waals surface area (Å²) in [6.45, 7) is 1.57. The number of nitrogens with one attached hydrogen (secondary N) is 2. The number of halogens is 2. The van der Waals surface area contributed by atoms with Gasteiger partial charge in [-0.25, -0.2) is 4.39 Å². The van der Waals surface area contributed by atoms with Crippen LogP contribution in [-0.4, -0.2) is 60.6 Å². The highest BCUT2D eigenvalue weighted by Crippen LogP contribution is 2.18. The molecule has 0 spiro atoms. The van der Waals surface area contributed by atoms with Gasteiger partial charge in [0.2, 0.25) is 0 Å². The lowest BCUT2D eigenvalue weighted by Gasteiger charge is -2.24. The highest BCUT2D eigenvalue weighted by molar-refractivity contribution is 14.0. The Bertz CT molecular complexity index is 719. The molecule has 1 heterocycles. The summed E-state index contributed by atoms with van der Waals surface area (Å²) in [6, 6.07) is 6.83. The van der Waals surface area contributed by atoms with Crippen molar-refractivity contribution < 1.29 is 4.39 Å². The number of likely N-dealkylation sites (N-methyl/N-ethyl adjacent to an activating group) is 1. The lowest BCUT2D eigenvalue weighted by molar-refractivity contribution is 0.298. The summed E-state index contributed by atoms with van der Waals surface area (Å²) in [6.07, 6.45) is 4.92. The van der Waals surface area contributed by atoms with E-state index in [0.717, 1.165) is 36.1 Å². The minimum absolute atomic E-state index is 0. The summed E-state index contributed by atoms with van der Waals surface area (Å²) in [5, 5.41) is 11.0. The second-order valence-corrected chi connectivity index (χ2v) is 7.63. The monoisotopic (exact) mass is 520 g/mol. The van der Waals surface area contributed by atoms with E-state index >= 15 is 0 Å². The zero-order valence-electron chi connectivity index (χ0n) is 16.9. The fourth-order valence-corrected chi connectivity index (χ4v) is 3.48. The predicted octanol–water partition coefficient (Wildman–Crippen LogP) is 3.13. The van der Waals surface area contributed by atoms with Gasteiger partial charge in [-0.2, -0.15) is 5.10 Å². The molecule has 0 radical (unpaired) electrons. The van der Waals surface area contributed by atoms with Crippen LogP contribution in [0.4, 0.5) is 4.39 Å². The van der Waals surface area contributed by atoms with Gasteiger partial charge < -0.3 is 15.5 Å². The van der Waals surface area contributed by atoms with Gasteiger partial charge >= 0.3 is 0 Å². The molecule has 1 aromatic heterocycles. The molecular weight excluding hydrogens is 490 g/mol. The third-order valence-corrected chi connectivity index (χ3v) is 5.21. The van der Waals surface area contributed by atoms with Crippen LogP contribution in [0.15, 0.2) is 46.5 Å².